The average molecular weight is 291 g/mol. The highest BCUT2D eigenvalue weighted by Crippen LogP contribution is 2.34. The van der Waals surface area contributed by atoms with Crippen LogP contribution in [0.5, 0.6) is 5.75 Å². The molecule has 4 nitrogen and oxygen atoms in total. The zero-order chi connectivity index (χ0) is 15.2. The Morgan fingerprint density at radius 2 is 1.95 bits per heavy atom. The first-order chi connectivity index (χ1) is 10.2. The van der Waals surface area contributed by atoms with Crippen LogP contribution in [-0.2, 0) is 0 Å². The number of rotatable bonds is 6. The molecule has 1 aromatic rings. The van der Waals surface area contributed by atoms with E-state index in [1.165, 1.54) is 24.2 Å². The fraction of sp³-hybridized carbons (Fsp3) is 0.647. The summed E-state index contributed by atoms with van der Waals surface area (Å²) in [4.78, 5) is 5.05. The summed E-state index contributed by atoms with van der Waals surface area (Å²) in [7, 11) is 3.75. The lowest BCUT2D eigenvalue weighted by molar-refractivity contribution is 0.258. The van der Waals surface area contributed by atoms with Crippen molar-refractivity contribution in [1.82, 2.24) is 10.2 Å². The van der Waals surface area contributed by atoms with Crippen LogP contribution in [-0.4, -0.2) is 51.8 Å². The zero-order valence-electron chi connectivity index (χ0n) is 13.9. The molecule has 0 amide bonds. The van der Waals surface area contributed by atoms with Crippen molar-refractivity contribution in [2.75, 3.05) is 51.8 Å². The summed E-state index contributed by atoms with van der Waals surface area (Å²) in [6, 6.07) is 6.66. The minimum atomic E-state index is 0.282. The quantitative estimate of drug-likeness (QED) is 0.871. The molecule has 1 aliphatic rings. The highest BCUT2D eigenvalue weighted by Gasteiger charge is 2.22. The van der Waals surface area contributed by atoms with Crippen molar-refractivity contribution in [3.05, 3.63) is 23.8 Å². The van der Waals surface area contributed by atoms with Crippen molar-refractivity contribution in [1.29, 1.82) is 0 Å². The molecule has 1 saturated heterocycles. The van der Waals surface area contributed by atoms with Crippen molar-refractivity contribution < 1.29 is 4.74 Å². The van der Waals surface area contributed by atoms with Gasteiger partial charge in [-0.1, -0.05) is 13.0 Å². The molecular weight excluding hydrogens is 262 g/mol. The molecule has 1 heterocycles. The first-order valence-electron chi connectivity index (χ1n) is 8.02. The summed E-state index contributed by atoms with van der Waals surface area (Å²) in [6.07, 6.45) is 1.24. The van der Waals surface area contributed by atoms with Gasteiger partial charge in [0, 0.05) is 43.5 Å². The van der Waals surface area contributed by atoms with Crippen LogP contribution in [0.25, 0.3) is 0 Å². The Kier molecular flexibility index (Phi) is 5.88. The number of nitrogens with zero attached hydrogens (tertiary/aromatic N) is 2. The lowest BCUT2D eigenvalue weighted by atomic mass is 10.0. The van der Waals surface area contributed by atoms with Crippen LogP contribution in [0.4, 0.5) is 5.69 Å². The molecule has 1 fully saturated rings. The van der Waals surface area contributed by atoms with Gasteiger partial charge in [0.1, 0.15) is 5.75 Å². The predicted molar refractivity (Wildman–Crippen MR) is 89.4 cm³/mol. The Bertz CT molecular complexity index is 442. The lowest BCUT2D eigenvalue weighted by Crippen LogP contribution is -2.47. The number of hydrogen-bond acceptors (Lipinski definition) is 4. The molecule has 2 rings (SSSR count). The summed E-state index contributed by atoms with van der Waals surface area (Å²) in [5, 5.41) is 3.35. The van der Waals surface area contributed by atoms with Gasteiger partial charge in [0.15, 0.2) is 0 Å². The number of hydrogen-bond donors (Lipinski definition) is 1. The molecule has 0 saturated carbocycles. The van der Waals surface area contributed by atoms with Gasteiger partial charge in [0.25, 0.3) is 0 Å². The third-order valence-corrected chi connectivity index (χ3v) is 4.38. The van der Waals surface area contributed by atoms with Gasteiger partial charge in [-0.25, -0.2) is 0 Å². The molecule has 1 atom stereocenters. The van der Waals surface area contributed by atoms with E-state index >= 15 is 0 Å². The third-order valence-electron chi connectivity index (χ3n) is 4.38. The molecule has 1 N–H and O–H groups in total. The summed E-state index contributed by atoms with van der Waals surface area (Å²) in [5.41, 5.74) is 2.58. The molecule has 1 unspecified atom stereocenters. The summed E-state index contributed by atoms with van der Waals surface area (Å²) >= 11 is 0. The molecule has 0 aliphatic carbocycles. The Labute approximate surface area is 129 Å². The van der Waals surface area contributed by atoms with Gasteiger partial charge in [0.2, 0.25) is 0 Å². The zero-order valence-corrected chi connectivity index (χ0v) is 13.9. The minimum Gasteiger partial charge on any atom is -0.496 e. The van der Waals surface area contributed by atoms with E-state index < -0.39 is 0 Å². The van der Waals surface area contributed by atoms with Gasteiger partial charge in [-0.2, -0.15) is 0 Å². The maximum atomic E-state index is 5.58. The van der Waals surface area contributed by atoms with E-state index in [0.29, 0.717) is 0 Å². The van der Waals surface area contributed by atoms with Crippen LogP contribution in [0.15, 0.2) is 18.2 Å². The Morgan fingerprint density at radius 1 is 1.24 bits per heavy atom. The number of ether oxygens (including phenoxy) is 1. The monoisotopic (exact) mass is 291 g/mol. The second-order valence-corrected chi connectivity index (χ2v) is 5.73. The summed E-state index contributed by atoms with van der Waals surface area (Å²) in [5.74, 6) is 0.977. The maximum Gasteiger partial charge on any atom is 0.125 e. The molecule has 0 radical (unpaired) electrons. The number of methoxy groups -OCH3 is 1. The number of piperazine rings is 1. The van der Waals surface area contributed by atoms with Crippen LogP contribution in [0.2, 0.25) is 0 Å². The Balaban J connectivity index is 2.20. The molecule has 21 heavy (non-hydrogen) atoms. The summed E-state index contributed by atoms with van der Waals surface area (Å²) in [6.45, 7) is 10.1. The molecule has 4 heteroatoms. The third kappa shape index (κ3) is 3.69. The molecule has 0 spiro atoms. The van der Waals surface area contributed by atoms with Gasteiger partial charge in [-0.3, -0.25) is 4.90 Å². The first kappa shape index (κ1) is 16.1. The SMILES string of the molecule is CCCN1CCN(c2cccc(OC)c2C(C)NC)CC1. The van der Waals surface area contributed by atoms with E-state index in [2.05, 4.69) is 47.2 Å². The van der Waals surface area contributed by atoms with Crippen molar-refractivity contribution in [3.63, 3.8) is 0 Å². The van der Waals surface area contributed by atoms with Gasteiger partial charge in [0.05, 0.1) is 7.11 Å². The standard InChI is InChI=1S/C17H29N3O/c1-5-9-19-10-12-20(13-11-19)15-7-6-8-16(21-4)17(15)14(2)18-3/h6-8,14,18H,5,9-13H2,1-4H3. The van der Waals surface area contributed by atoms with Crippen LogP contribution in [0.3, 0.4) is 0 Å². The molecule has 1 aromatic carbocycles. The molecule has 118 valence electrons. The normalized spacial score (nSPS) is 17.8. The van der Waals surface area contributed by atoms with E-state index in [0.717, 1.165) is 31.9 Å². The van der Waals surface area contributed by atoms with Crippen molar-refractivity contribution in [2.24, 2.45) is 0 Å². The molecule has 0 bridgehead atoms. The minimum absolute atomic E-state index is 0.282. The topological polar surface area (TPSA) is 27.7 Å². The Morgan fingerprint density at radius 3 is 2.52 bits per heavy atom. The fourth-order valence-electron chi connectivity index (χ4n) is 3.09. The van der Waals surface area contributed by atoms with Crippen molar-refractivity contribution in [3.8, 4) is 5.75 Å². The fourth-order valence-corrected chi connectivity index (χ4v) is 3.09. The largest absolute Gasteiger partial charge is 0.496 e. The number of nitrogens with one attached hydrogen (secondary N) is 1. The van der Waals surface area contributed by atoms with Crippen LogP contribution in [0, 0.1) is 0 Å². The van der Waals surface area contributed by atoms with E-state index in [1.807, 2.05) is 7.05 Å². The number of anilines is 1. The van der Waals surface area contributed by atoms with Gasteiger partial charge in [-0.15, -0.1) is 0 Å². The van der Waals surface area contributed by atoms with Crippen molar-refractivity contribution in [2.45, 2.75) is 26.3 Å². The van der Waals surface area contributed by atoms with E-state index in [1.54, 1.807) is 7.11 Å². The molecule has 1 aliphatic heterocycles. The predicted octanol–water partition coefficient (Wildman–Crippen LogP) is 2.51. The average Bonchev–Trinajstić information content (AvgIpc) is 2.54. The first-order valence-corrected chi connectivity index (χ1v) is 8.02. The second kappa shape index (κ2) is 7.66. The lowest BCUT2D eigenvalue weighted by Gasteiger charge is -2.37. The molecule has 0 aromatic heterocycles. The highest BCUT2D eigenvalue weighted by atomic mass is 16.5. The highest BCUT2D eigenvalue weighted by molar-refractivity contribution is 5.61. The second-order valence-electron chi connectivity index (χ2n) is 5.73. The number of benzene rings is 1. The van der Waals surface area contributed by atoms with E-state index in [4.69, 9.17) is 4.74 Å². The van der Waals surface area contributed by atoms with Crippen LogP contribution >= 0.6 is 0 Å². The Hall–Kier alpha value is -1.26. The van der Waals surface area contributed by atoms with Gasteiger partial charge in [-0.05, 0) is 39.1 Å². The molecular formula is C17H29N3O. The van der Waals surface area contributed by atoms with Gasteiger partial charge >= 0.3 is 0 Å². The smallest absolute Gasteiger partial charge is 0.125 e. The van der Waals surface area contributed by atoms with Gasteiger partial charge < -0.3 is 15.0 Å². The maximum absolute atomic E-state index is 5.58. The van der Waals surface area contributed by atoms with Crippen LogP contribution < -0.4 is 15.0 Å². The van der Waals surface area contributed by atoms with Crippen molar-refractivity contribution >= 4 is 5.69 Å². The van der Waals surface area contributed by atoms with Crippen LogP contribution in [0.1, 0.15) is 31.9 Å². The summed E-state index contributed by atoms with van der Waals surface area (Å²) < 4.78 is 5.58. The van der Waals surface area contributed by atoms with E-state index in [-0.39, 0.29) is 6.04 Å². The van der Waals surface area contributed by atoms with E-state index in [9.17, 15) is 0 Å².